The molecule has 3 aromatic rings. The number of aromatic nitrogens is 2. The Labute approximate surface area is 207 Å². The van der Waals surface area contributed by atoms with E-state index >= 15 is 0 Å². The lowest BCUT2D eigenvalue weighted by Crippen LogP contribution is -2.37. The topological polar surface area (TPSA) is 95.9 Å². The van der Waals surface area contributed by atoms with Crippen LogP contribution in [0.2, 0.25) is 0 Å². The zero-order chi connectivity index (χ0) is 26.7. The van der Waals surface area contributed by atoms with E-state index < -0.39 is 18.8 Å². The Morgan fingerprint density at radius 2 is 1.78 bits per heavy atom. The normalized spacial score (nSPS) is 19.1. The Morgan fingerprint density at radius 1 is 1.11 bits per heavy atom. The molecule has 2 aliphatic rings. The summed E-state index contributed by atoms with van der Waals surface area (Å²) in [5.74, 6) is -1.90. The molecule has 0 bridgehead atoms. The number of anilines is 1. The van der Waals surface area contributed by atoms with E-state index in [1.54, 1.807) is 12.1 Å². The molecule has 5 rings (SSSR count). The SMILES string of the molecule is O=C(O)C(F)(F)F.O=C1C[C@H]2[C@H](CCN2c2ncc3ccccc3n2)N1Cc1ccc(OC(F)F)cc1. The highest BCUT2D eigenvalue weighted by atomic mass is 19.4. The molecule has 2 saturated heterocycles. The quantitative estimate of drug-likeness (QED) is 0.499. The molecule has 0 unspecified atom stereocenters. The summed E-state index contributed by atoms with van der Waals surface area (Å²) < 4.78 is 60.8. The summed E-state index contributed by atoms with van der Waals surface area (Å²) in [5.41, 5.74) is 1.77. The van der Waals surface area contributed by atoms with Crippen LogP contribution in [0.4, 0.5) is 27.9 Å². The van der Waals surface area contributed by atoms with Gasteiger partial charge in [-0.1, -0.05) is 30.3 Å². The standard InChI is InChI=1S/C22H20F2N4O2.C2HF3O2/c23-21(24)30-16-7-5-14(6-8-16)13-28-18-9-10-27(19(18)11-20(28)29)22-25-12-15-3-1-2-4-17(15)26-22;3-2(4,5)1(6)7/h1-8,12,18-19,21H,9-11,13H2;(H,6,7)/t18-,19-;/m0./s1. The number of aliphatic carboxylic acids is 1. The highest BCUT2D eigenvalue weighted by molar-refractivity contribution is 5.82. The van der Waals surface area contributed by atoms with Crippen LogP contribution in [0.15, 0.2) is 54.7 Å². The van der Waals surface area contributed by atoms with E-state index in [0.29, 0.717) is 18.9 Å². The fraction of sp³-hybridized carbons (Fsp3) is 0.333. The molecule has 1 aromatic heterocycles. The molecule has 1 amide bonds. The summed E-state index contributed by atoms with van der Waals surface area (Å²) in [4.78, 5) is 34.9. The predicted octanol–water partition coefficient (Wildman–Crippen LogP) is 4.24. The number of fused-ring (bicyclic) bond motifs is 2. The van der Waals surface area contributed by atoms with Crippen LogP contribution in [-0.2, 0) is 16.1 Å². The lowest BCUT2D eigenvalue weighted by Gasteiger charge is -2.25. The van der Waals surface area contributed by atoms with E-state index in [1.807, 2.05) is 35.4 Å². The van der Waals surface area contributed by atoms with Crippen molar-refractivity contribution in [1.29, 1.82) is 0 Å². The van der Waals surface area contributed by atoms with E-state index in [-0.39, 0.29) is 23.7 Å². The number of carboxylic acids is 1. The Morgan fingerprint density at radius 3 is 2.43 bits per heavy atom. The number of hydrogen-bond donors (Lipinski definition) is 1. The Bertz CT molecular complexity index is 1270. The second-order valence-corrected chi connectivity index (χ2v) is 8.40. The number of carbonyl (C=O) groups is 2. The molecule has 13 heteroatoms. The first kappa shape index (κ1) is 26.0. The zero-order valence-electron chi connectivity index (χ0n) is 19.1. The first-order valence-corrected chi connectivity index (χ1v) is 11.1. The van der Waals surface area contributed by atoms with Gasteiger partial charge in [-0.15, -0.1) is 0 Å². The van der Waals surface area contributed by atoms with Crippen LogP contribution in [-0.4, -0.2) is 63.3 Å². The number of alkyl halides is 5. The molecule has 2 fully saturated rings. The number of halogens is 5. The molecule has 1 N–H and O–H groups in total. The molecule has 0 saturated carbocycles. The van der Waals surface area contributed by atoms with E-state index in [0.717, 1.165) is 29.4 Å². The highest BCUT2D eigenvalue weighted by Gasteiger charge is 2.47. The summed E-state index contributed by atoms with van der Waals surface area (Å²) in [6.07, 6.45) is -1.99. The van der Waals surface area contributed by atoms with Gasteiger partial charge in [0, 0.05) is 31.1 Å². The van der Waals surface area contributed by atoms with Gasteiger partial charge < -0.3 is 19.6 Å². The lowest BCUT2D eigenvalue weighted by atomic mass is 10.1. The summed E-state index contributed by atoms with van der Waals surface area (Å²) in [6.45, 7) is -1.61. The molecule has 196 valence electrons. The number of carboxylic acid groups (broad SMARTS) is 1. The van der Waals surface area contributed by atoms with Gasteiger partial charge in [0.1, 0.15) is 5.75 Å². The van der Waals surface area contributed by atoms with Crippen LogP contribution in [0.1, 0.15) is 18.4 Å². The van der Waals surface area contributed by atoms with Gasteiger partial charge in [0.25, 0.3) is 0 Å². The van der Waals surface area contributed by atoms with Crippen LogP contribution in [0.3, 0.4) is 0 Å². The van der Waals surface area contributed by atoms with Gasteiger partial charge in [0.2, 0.25) is 11.9 Å². The van der Waals surface area contributed by atoms with Gasteiger partial charge in [0.05, 0.1) is 17.6 Å². The molecule has 2 aromatic carbocycles. The second kappa shape index (κ2) is 10.5. The minimum atomic E-state index is -5.08. The first-order chi connectivity index (χ1) is 17.5. The minimum absolute atomic E-state index is 0.0418. The summed E-state index contributed by atoms with van der Waals surface area (Å²) in [5, 5.41) is 8.11. The molecule has 0 aliphatic carbocycles. The van der Waals surface area contributed by atoms with Crippen molar-refractivity contribution >= 4 is 28.7 Å². The van der Waals surface area contributed by atoms with E-state index in [2.05, 4.69) is 14.6 Å². The fourth-order valence-corrected chi connectivity index (χ4v) is 4.46. The van der Waals surface area contributed by atoms with Crippen LogP contribution in [0.5, 0.6) is 5.75 Å². The van der Waals surface area contributed by atoms with Gasteiger partial charge in [-0.3, -0.25) is 4.79 Å². The van der Waals surface area contributed by atoms with Gasteiger partial charge >= 0.3 is 18.8 Å². The average molecular weight is 524 g/mol. The lowest BCUT2D eigenvalue weighted by molar-refractivity contribution is -0.192. The summed E-state index contributed by atoms with van der Waals surface area (Å²) >= 11 is 0. The Kier molecular flexibility index (Phi) is 7.41. The first-order valence-electron chi connectivity index (χ1n) is 11.1. The highest BCUT2D eigenvalue weighted by Crippen LogP contribution is 2.35. The van der Waals surface area contributed by atoms with Crippen molar-refractivity contribution in [2.24, 2.45) is 0 Å². The molecular weight excluding hydrogens is 503 g/mol. The van der Waals surface area contributed by atoms with E-state index in [4.69, 9.17) is 14.9 Å². The molecule has 37 heavy (non-hydrogen) atoms. The maximum absolute atomic E-state index is 12.7. The average Bonchev–Trinajstić information content (AvgIpc) is 3.38. The number of benzene rings is 2. The predicted molar refractivity (Wildman–Crippen MR) is 121 cm³/mol. The molecule has 0 radical (unpaired) electrons. The summed E-state index contributed by atoms with van der Waals surface area (Å²) in [7, 11) is 0. The molecule has 8 nitrogen and oxygen atoms in total. The van der Waals surface area contributed by atoms with Crippen molar-refractivity contribution in [2.75, 3.05) is 11.4 Å². The van der Waals surface area contributed by atoms with E-state index in [1.165, 1.54) is 12.1 Å². The van der Waals surface area contributed by atoms with Crippen LogP contribution < -0.4 is 9.64 Å². The van der Waals surface area contributed by atoms with Crippen LogP contribution >= 0.6 is 0 Å². The molecule has 3 heterocycles. The number of para-hydroxylation sites is 1. The number of carbonyl (C=O) groups excluding carboxylic acids is 1. The number of ether oxygens (including phenoxy) is 1. The van der Waals surface area contributed by atoms with Crippen LogP contribution in [0, 0.1) is 0 Å². The number of rotatable bonds is 5. The van der Waals surface area contributed by atoms with Gasteiger partial charge in [-0.05, 0) is 30.2 Å². The second-order valence-electron chi connectivity index (χ2n) is 8.40. The van der Waals surface area contributed by atoms with Crippen molar-refractivity contribution in [3.05, 3.63) is 60.3 Å². The third kappa shape index (κ3) is 6.04. The molecule has 0 spiro atoms. The number of hydrogen-bond acceptors (Lipinski definition) is 6. The van der Waals surface area contributed by atoms with Crippen molar-refractivity contribution in [3.8, 4) is 5.75 Å². The largest absolute Gasteiger partial charge is 0.490 e. The maximum Gasteiger partial charge on any atom is 0.490 e. The third-order valence-electron chi connectivity index (χ3n) is 6.09. The van der Waals surface area contributed by atoms with Crippen LogP contribution in [0.25, 0.3) is 10.9 Å². The molecule has 2 atom stereocenters. The monoisotopic (exact) mass is 524 g/mol. The number of amides is 1. The van der Waals surface area contributed by atoms with Crippen molar-refractivity contribution < 1.29 is 41.4 Å². The molecular formula is C24H21F5N4O4. The van der Waals surface area contributed by atoms with E-state index in [9.17, 15) is 26.7 Å². The molecule has 2 aliphatic heterocycles. The maximum atomic E-state index is 12.7. The number of likely N-dealkylation sites (tertiary alicyclic amines) is 1. The summed E-state index contributed by atoms with van der Waals surface area (Å²) in [6, 6.07) is 14.4. The fourth-order valence-electron chi connectivity index (χ4n) is 4.46. The third-order valence-corrected chi connectivity index (χ3v) is 6.09. The Hall–Kier alpha value is -4.03. The van der Waals surface area contributed by atoms with Gasteiger partial charge in [0.15, 0.2) is 0 Å². The van der Waals surface area contributed by atoms with Gasteiger partial charge in [-0.25, -0.2) is 14.8 Å². The minimum Gasteiger partial charge on any atom is -0.475 e. The van der Waals surface area contributed by atoms with Crippen molar-refractivity contribution in [1.82, 2.24) is 14.9 Å². The van der Waals surface area contributed by atoms with Gasteiger partial charge in [-0.2, -0.15) is 22.0 Å². The smallest absolute Gasteiger partial charge is 0.475 e. The van der Waals surface area contributed by atoms with Crippen molar-refractivity contribution in [3.63, 3.8) is 0 Å². The van der Waals surface area contributed by atoms with Crippen molar-refractivity contribution in [2.45, 2.75) is 44.3 Å². The number of nitrogens with zero attached hydrogens (tertiary/aromatic N) is 4. The Balaban J connectivity index is 0.000000405. The zero-order valence-corrected chi connectivity index (χ0v) is 19.1.